The number of aromatic hydroxyl groups is 3. The van der Waals surface area contributed by atoms with Crippen molar-refractivity contribution in [1.29, 1.82) is 0 Å². The van der Waals surface area contributed by atoms with E-state index in [9.17, 15) is 10.2 Å². The Hall–Kier alpha value is -0.150. The Morgan fingerprint density at radius 3 is 1.45 bits per heavy atom. The molecule has 10 heteroatoms. The molecule has 0 heterocycles. The summed E-state index contributed by atoms with van der Waals surface area (Å²) in [6.07, 6.45) is 0. The number of benzene rings is 3. The summed E-state index contributed by atoms with van der Waals surface area (Å²) in [5.74, 6) is 0.613. The van der Waals surface area contributed by atoms with Gasteiger partial charge in [0.1, 0.15) is 17.2 Å². The minimum Gasteiger partial charge on any atom is -0.508 e. The molecule has 0 aromatic heterocycles. The highest BCUT2D eigenvalue weighted by Crippen LogP contribution is 2.44. The standard InChI is InChI=1S/C8H8Cl2O.C8H9ClO.C7H4Br4O/c1-4-3-6(11)8(10)5(2)7(4)9;1-5-3-7(10)4-6(2)8(5)9;1-2-3(8)4(9)5(10)6(11)7(2)12/h3,11H,1-2H3;3-4,10H,1-2H3;12H,1H3. The van der Waals surface area contributed by atoms with E-state index in [4.69, 9.17) is 39.9 Å². The zero-order valence-electron chi connectivity index (χ0n) is 18.2. The van der Waals surface area contributed by atoms with Crippen molar-refractivity contribution in [3.63, 3.8) is 0 Å². The normalized spacial score (nSPS) is 10.2. The minimum absolute atomic E-state index is 0.0890. The fraction of sp³-hybridized carbons (Fsp3) is 0.217. The Morgan fingerprint density at radius 2 is 0.970 bits per heavy atom. The van der Waals surface area contributed by atoms with Gasteiger partial charge in [-0.1, -0.05) is 34.8 Å². The lowest BCUT2D eigenvalue weighted by Gasteiger charge is -2.09. The molecule has 3 N–H and O–H groups in total. The van der Waals surface area contributed by atoms with Crippen LogP contribution in [-0.2, 0) is 0 Å². The average molecular weight is 771 g/mol. The topological polar surface area (TPSA) is 60.7 Å². The van der Waals surface area contributed by atoms with Gasteiger partial charge in [0.25, 0.3) is 0 Å². The van der Waals surface area contributed by atoms with Gasteiger partial charge in [0.2, 0.25) is 0 Å². The monoisotopic (exact) mass is 766 g/mol. The maximum atomic E-state index is 9.56. The van der Waals surface area contributed by atoms with Gasteiger partial charge < -0.3 is 15.3 Å². The molecule has 0 aliphatic heterocycles. The van der Waals surface area contributed by atoms with Crippen molar-refractivity contribution in [3.05, 3.63) is 79.0 Å². The fourth-order valence-corrected chi connectivity index (χ4v) is 5.32. The maximum Gasteiger partial charge on any atom is 0.135 e. The molecular formula is C23H21Br4Cl3O3. The molecule has 0 unspecified atom stereocenters. The first-order chi connectivity index (χ1) is 15.1. The summed E-state index contributed by atoms with van der Waals surface area (Å²) in [5.41, 5.74) is 4.20. The Morgan fingerprint density at radius 1 is 0.545 bits per heavy atom. The van der Waals surface area contributed by atoms with Crippen LogP contribution >= 0.6 is 98.5 Å². The predicted molar refractivity (Wildman–Crippen MR) is 154 cm³/mol. The van der Waals surface area contributed by atoms with Crippen LogP contribution in [-0.4, -0.2) is 15.3 Å². The molecule has 0 fully saturated rings. The molecule has 3 aromatic rings. The number of hydrogen-bond donors (Lipinski definition) is 3. The molecule has 180 valence electrons. The number of aryl methyl sites for hydroxylation is 3. The van der Waals surface area contributed by atoms with E-state index < -0.39 is 0 Å². The van der Waals surface area contributed by atoms with Crippen LogP contribution in [0, 0.1) is 34.6 Å². The van der Waals surface area contributed by atoms with E-state index in [1.807, 2.05) is 27.7 Å². The predicted octanol–water partition coefficient (Wildman–Crippen LogP) is 10.7. The van der Waals surface area contributed by atoms with Gasteiger partial charge in [0.15, 0.2) is 0 Å². The van der Waals surface area contributed by atoms with Crippen molar-refractivity contribution in [1.82, 2.24) is 0 Å². The van der Waals surface area contributed by atoms with Crippen molar-refractivity contribution in [3.8, 4) is 17.2 Å². The summed E-state index contributed by atoms with van der Waals surface area (Å²) in [6.45, 7) is 9.17. The van der Waals surface area contributed by atoms with E-state index in [1.165, 1.54) is 0 Å². The maximum absolute atomic E-state index is 9.56. The van der Waals surface area contributed by atoms with Crippen LogP contribution in [0.2, 0.25) is 15.1 Å². The first kappa shape index (κ1) is 30.9. The zero-order chi connectivity index (χ0) is 25.8. The van der Waals surface area contributed by atoms with Gasteiger partial charge in [0.05, 0.1) is 14.0 Å². The lowest BCUT2D eigenvalue weighted by atomic mass is 10.1. The fourth-order valence-electron chi connectivity index (χ4n) is 2.57. The van der Waals surface area contributed by atoms with Crippen LogP contribution in [0.15, 0.2) is 36.1 Å². The summed E-state index contributed by atoms with van der Waals surface area (Å²) >= 11 is 30.8. The largest absolute Gasteiger partial charge is 0.508 e. The number of phenolic OH excluding ortho intramolecular Hbond substituents is 3. The van der Waals surface area contributed by atoms with Crippen LogP contribution in [0.4, 0.5) is 0 Å². The van der Waals surface area contributed by atoms with E-state index in [-0.39, 0.29) is 17.2 Å². The highest BCUT2D eigenvalue weighted by atomic mass is 79.9. The lowest BCUT2D eigenvalue weighted by molar-refractivity contribution is 0.466. The zero-order valence-corrected chi connectivity index (χ0v) is 26.8. The summed E-state index contributed by atoms with van der Waals surface area (Å²) in [6, 6.07) is 4.85. The Bertz CT molecular complexity index is 1030. The van der Waals surface area contributed by atoms with Crippen LogP contribution in [0.1, 0.15) is 27.8 Å². The van der Waals surface area contributed by atoms with Crippen molar-refractivity contribution in [2.75, 3.05) is 0 Å². The second-order valence-corrected chi connectivity index (χ2v) is 11.4. The van der Waals surface area contributed by atoms with Gasteiger partial charge in [0, 0.05) is 24.6 Å². The average Bonchev–Trinajstić information content (AvgIpc) is 2.76. The van der Waals surface area contributed by atoms with Gasteiger partial charge in [-0.25, -0.2) is 0 Å². The summed E-state index contributed by atoms with van der Waals surface area (Å²) in [5, 5.41) is 29.5. The number of phenols is 3. The van der Waals surface area contributed by atoms with Gasteiger partial charge >= 0.3 is 0 Å². The van der Waals surface area contributed by atoms with E-state index >= 15 is 0 Å². The third-order valence-electron chi connectivity index (χ3n) is 4.47. The number of hydrogen-bond acceptors (Lipinski definition) is 3. The first-order valence-corrected chi connectivity index (χ1v) is 13.5. The van der Waals surface area contributed by atoms with Crippen molar-refractivity contribution < 1.29 is 15.3 Å². The quantitative estimate of drug-likeness (QED) is 0.158. The van der Waals surface area contributed by atoms with Gasteiger partial charge in [-0.05, 0) is 139 Å². The molecule has 3 rings (SSSR count). The first-order valence-electron chi connectivity index (χ1n) is 9.23. The summed E-state index contributed by atoms with van der Waals surface area (Å²) in [4.78, 5) is 0. The molecule has 0 radical (unpaired) electrons. The highest BCUT2D eigenvalue weighted by Gasteiger charge is 2.15. The van der Waals surface area contributed by atoms with Crippen LogP contribution < -0.4 is 0 Å². The number of halogens is 7. The second-order valence-electron chi connectivity index (χ2n) is 7.09. The van der Waals surface area contributed by atoms with Crippen LogP contribution in [0.5, 0.6) is 17.2 Å². The van der Waals surface area contributed by atoms with Gasteiger partial charge in [-0.3, -0.25) is 0 Å². The molecular weight excluding hydrogens is 750 g/mol. The van der Waals surface area contributed by atoms with Crippen LogP contribution in [0.25, 0.3) is 0 Å². The van der Waals surface area contributed by atoms with E-state index in [0.29, 0.717) is 14.5 Å². The summed E-state index contributed by atoms with van der Waals surface area (Å²) < 4.78 is 3.22. The van der Waals surface area contributed by atoms with E-state index in [1.54, 1.807) is 25.1 Å². The SMILES string of the molecule is Cc1c(O)c(Br)c(Br)c(Br)c1Br.Cc1cc(O)c(Cl)c(C)c1Cl.Cc1cc(O)cc(C)c1Cl. The lowest BCUT2D eigenvalue weighted by Crippen LogP contribution is -1.83. The molecule has 3 nitrogen and oxygen atoms in total. The van der Waals surface area contributed by atoms with Gasteiger partial charge in [-0.2, -0.15) is 0 Å². The van der Waals surface area contributed by atoms with Gasteiger partial charge in [-0.15, -0.1) is 0 Å². The molecule has 33 heavy (non-hydrogen) atoms. The van der Waals surface area contributed by atoms with E-state index in [0.717, 1.165) is 46.3 Å². The Balaban J connectivity index is 0.000000249. The second kappa shape index (κ2) is 13.2. The third-order valence-corrected chi connectivity index (χ3v) is 11.1. The van der Waals surface area contributed by atoms with Crippen molar-refractivity contribution in [2.45, 2.75) is 34.6 Å². The molecule has 0 aliphatic carbocycles. The van der Waals surface area contributed by atoms with E-state index in [2.05, 4.69) is 63.7 Å². The third kappa shape index (κ3) is 7.92. The molecule has 0 saturated heterocycles. The molecule has 0 spiro atoms. The molecule has 0 atom stereocenters. The molecule has 0 saturated carbocycles. The smallest absolute Gasteiger partial charge is 0.135 e. The highest BCUT2D eigenvalue weighted by molar-refractivity contribution is 9.15. The Labute approximate surface area is 242 Å². The molecule has 0 amide bonds. The minimum atomic E-state index is 0.0890. The van der Waals surface area contributed by atoms with Crippen molar-refractivity contribution in [2.24, 2.45) is 0 Å². The summed E-state index contributed by atoms with van der Waals surface area (Å²) in [7, 11) is 0. The number of rotatable bonds is 0. The van der Waals surface area contributed by atoms with Crippen molar-refractivity contribution >= 4 is 98.5 Å². The molecule has 0 bridgehead atoms. The Kier molecular flexibility index (Phi) is 12.4. The van der Waals surface area contributed by atoms with Crippen LogP contribution in [0.3, 0.4) is 0 Å². The molecule has 0 aliphatic rings. The molecule has 3 aromatic carbocycles.